The number of piperidine rings is 1. The zero-order valence-corrected chi connectivity index (χ0v) is 15.6. The molecule has 2 saturated heterocycles. The monoisotopic (exact) mass is 387 g/mol. The molecule has 8 heteroatoms. The van der Waals surface area contributed by atoms with Gasteiger partial charge in [0, 0.05) is 31.6 Å². The van der Waals surface area contributed by atoms with Crippen LogP contribution in [0.1, 0.15) is 51.4 Å². The maximum atomic E-state index is 13.1. The first kappa shape index (κ1) is 21.9. The highest BCUT2D eigenvalue weighted by Gasteiger charge is 2.42. The first-order chi connectivity index (χ1) is 10.5. The average molecular weight is 388 g/mol. The van der Waals surface area contributed by atoms with Crippen molar-refractivity contribution in [2.45, 2.75) is 75.4 Å². The largest absolute Gasteiger partial charge is 0.352 e. The summed E-state index contributed by atoms with van der Waals surface area (Å²) in [5.74, 6) is -3.00. The molecule has 0 aromatic carbocycles. The Kier molecular flexibility index (Phi) is 8.66. The number of carbonyl (C=O) groups excluding carboxylic acids is 1. The number of carbonyl (C=O) groups is 1. The van der Waals surface area contributed by atoms with E-state index in [1.165, 1.54) is 32.1 Å². The van der Waals surface area contributed by atoms with Crippen molar-refractivity contribution in [1.82, 2.24) is 15.5 Å². The molecule has 1 atom stereocenters. The molecule has 0 aromatic heterocycles. The van der Waals surface area contributed by atoms with E-state index in [-0.39, 0.29) is 49.7 Å². The number of hydrogen-bond donors (Lipinski definition) is 2. The predicted octanol–water partition coefficient (Wildman–Crippen LogP) is 2.74. The number of nitrogens with zero attached hydrogens (tertiary/aromatic N) is 1. The van der Waals surface area contributed by atoms with Gasteiger partial charge in [0.15, 0.2) is 0 Å². The summed E-state index contributed by atoms with van der Waals surface area (Å²) in [7, 11) is 0. The van der Waals surface area contributed by atoms with Crippen LogP contribution < -0.4 is 10.6 Å². The second kappa shape index (κ2) is 9.51. The molecule has 1 unspecified atom stereocenters. The second-order valence-corrected chi connectivity index (χ2v) is 7.10. The number of likely N-dealkylation sites (tertiary alicyclic amines) is 1. The van der Waals surface area contributed by atoms with Gasteiger partial charge < -0.3 is 10.2 Å². The zero-order chi connectivity index (χ0) is 15.6. The molecule has 0 bridgehead atoms. The predicted molar refractivity (Wildman–Crippen MR) is 95.5 cm³/mol. The Balaban J connectivity index is 0.00000144. The molecule has 142 valence electrons. The van der Waals surface area contributed by atoms with Crippen LogP contribution in [0.2, 0.25) is 0 Å². The first-order valence-electron chi connectivity index (χ1n) is 8.69. The minimum atomic E-state index is -2.74. The van der Waals surface area contributed by atoms with Crippen molar-refractivity contribution in [3.63, 3.8) is 0 Å². The third-order valence-corrected chi connectivity index (χ3v) is 5.39. The summed E-state index contributed by atoms with van der Waals surface area (Å²) in [6.45, 7) is 1.65. The van der Waals surface area contributed by atoms with Gasteiger partial charge in [0.25, 0.3) is 5.92 Å². The van der Waals surface area contributed by atoms with Crippen LogP contribution in [-0.2, 0) is 4.79 Å². The maximum absolute atomic E-state index is 13.1. The normalized spacial score (nSPS) is 28.7. The van der Waals surface area contributed by atoms with Gasteiger partial charge in [-0.2, -0.15) is 0 Å². The van der Waals surface area contributed by atoms with Crippen LogP contribution in [0.15, 0.2) is 0 Å². The van der Waals surface area contributed by atoms with Gasteiger partial charge in [-0.25, -0.2) is 8.78 Å². The highest BCUT2D eigenvalue weighted by molar-refractivity contribution is 5.85. The molecule has 3 aliphatic rings. The van der Waals surface area contributed by atoms with Gasteiger partial charge in [-0.15, -0.1) is 24.8 Å². The van der Waals surface area contributed by atoms with E-state index in [9.17, 15) is 13.6 Å². The molecule has 2 heterocycles. The summed E-state index contributed by atoms with van der Waals surface area (Å²) in [5.41, 5.74) is 0. The van der Waals surface area contributed by atoms with E-state index in [1.807, 2.05) is 0 Å². The Labute approximate surface area is 155 Å². The van der Waals surface area contributed by atoms with Crippen molar-refractivity contribution in [1.29, 1.82) is 0 Å². The lowest BCUT2D eigenvalue weighted by Gasteiger charge is -2.39. The van der Waals surface area contributed by atoms with Crippen LogP contribution >= 0.6 is 24.8 Å². The average Bonchev–Trinajstić information content (AvgIpc) is 2.89. The quantitative estimate of drug-likeness (QED) is 0.782. The molecular formula is C16H29Cl2F2N3O. The lowest BCUT2D eigenvalue weighted by atomic mass is 9.92. The van der Waals surface area contributed by atoms with Gasteiger partial charge in [0.2, 0.25) is 5.91 Å². The fourth-order valence-electron chi connectivity index (χ4n) is 4.06. The Morgan fingerprint density at radius 2 is 1.67 bits per heavy atom. The summed E-state index contributed by atoms with van der Waals surface area (Å²) in [4.78, 5) is 14.6. The van der Waals surface area contributed by atoms with Gasteiger partial charge in [-0.3, -0.25) is 10.1 Å². The second-order valence-electron chi connectivity index (χ2n) is 7.10. The molecule has 1 aliphatic carbocycles. The number of alkyl halides is 2. The van der Waals surface area contributed by atoms with Gasteiger partial charge in [-0.05, 0) is 25.7 Å². The van der Waals surface area contributed by atoms with Crippen molar-refractivity contribution < 1.29 is 13.6 Å². The van der Waals surface area contributed by atoms with Crippen molar-refractivity contribution in [2.75, 3.05) is 19.6 Å². The van der Waals surface area contributed by atoms with Crippen LogP contribution in [0.5, 0.6) is 0 Å². The molecule has 4 nitrogen and oxygen atoms in total. The molecule has 1 amide bonds. The van der Waals surface area contributed by atoms with Crippen molar-refractivity contribution >= 4 is 30.7 Å². The van der Waals surface area contributed by atoms with Crippen LogP contribution in [0.4, 0.5) is 8.78 Å². The van der Waals surface area contributed by atoms with Crippen LogP contribution in [0.25, 0.3) is 0 Å². The van der Waals surface area contributed by atoms with Gasteiger partial charge in [0.1, 0.15) is 0 Å². The van der Waals surface area contributed by atoms with Crippen LogP contribution in [-0.4, -0.2) is 54.5 Å². The number of hydrogen-bond acceptors (Lipinski definition) is 3. The molecule has 0 radical (unpaired) electrons. The van der Waals surface area contributed by atoms with E-state index < -0.39 is 12.0 Å². The molecular weight excluding hydrogens is 359 g/mol. The number of nitrogens with one attached hydrogen (secondary N) is 2. The maximum Gasteiger partial charge on any atom is 0.262 e. The van der Waals surface area contributed by atoms with Crippen molar-refractivity contribution in [3.8, 4) is 0 Å². The third-order valence-electron chi connectivity index (χ3n) is 5.39. The molecule has 24 heavy (non-hydrogen) atoms. The Morgan fingerprint density at radius 1 is 1.04 bits per heavy atom. The molecule has 0 aromatic rings. The fraction of sp³-hybridized carbons (Fsp3) is 0.938. The SMILES string of the molecule is Cl.Cl.O=C(NC1CCN(C2CCCCC2)CC1)C1CC(F)(F)CN1. The number of rotatable bonds is 3. The Morgan fingerprint density at radius 3 is 2.21 bits per heavy atom. The minimum absolute atomic E-state index is 0. The summed E-state index contributed by atoms with van der Waals surface area (Å²) in [6.07, 6.45) is 8.14. The van der Waals surface area contributed by atoms with Gasteiger partial charge in [-0.1, -0.05) is 19.3 Å². The lowest BCUT2D eigenvalue weighted by Crippen LogP contribution is -2.51. The topological polar surface area (TPSA) is 44.4 Å². The summed E-state index contributed by atoms with van der Waals surface area (Å²) < 4.78 is 26.3. The molecule has 2 N–H and O–H groups in total. The summed E-state index contributed by atoms with van der Waals surface area (Å²) >= 11 is 0. The number of amides is 1. The Hall–Kier alpha value is -0.170. The summed E-state index contributed by atoms with van der Waals surface area (Å²) in [6, 6.07) is 0.135. The van der Waals surface area contributed by atoms with Crippen LogP contribution in [0, 0.1) is 0 Å². The van der Waals surface area contributed by atoms with Gasteiger partial charge >= 0.3 is 0 Å². The minimum Gasteiger partial charge on any atom is -0.352 e. The molecule has 3 fully saturated rings. The number of halogens is 4. The van der Waals surface area contributed by atoms with E-state index in [2.05, 4.69) is 15.5 Å². The van der Waals surface area contributed by atoms with Gasteiger partial charge in [0.05, 0.1) is 12.6 Å². The highest BCUT2D eigenvalue weighted by Crippen LogP contribution is 2.27. The van der Waals surface area contributed by atoms with E-state index in [1.54, 1.807) is 0 Å². The molecule has 0 spiro atoms. The summed E-state index contributed by atoms with van der Waals surface area (Å²) in [5, 5.41) is 5.58. The van der Waals surface area contributed by atoms with Crippen molar-refractivity contribution in [2.24, 2.45) is 0 Å². The lowest BCUT2D eigenvalue weighted by molar-refractivity contribution is -0.124. The molecule has 1 saturated carbocycles. The molecule has 2 aliphatic heterocycles. The molecule has 3 rings (SSSR count). The first-order valence-corrected chi connectivity index (χ1v) is 8.69. The highest BCUT2D eigenvalue weighted by atomic mass is 35.5. The van der Waals surface area contributed by atoms with Crippen molar-refractivity contribution in [3.05, 3.63) is 0 Å². The van der Waals surface area contributed by atoms with E-state index in [0.29, 0.717) is 0 Å². The fourth-order valence-corrected chi connectivity index (χ4v) is 4.06. The third kappa shape index (κ3) is 5.68. The zero-order valence-electron chi connectivity index (χ0n) is 13.9. The van der Waals surface area contributed by atoms with E-state index >= 15 is 0 Å². The Bertz CT molecular complexity index is 401. The van der Waals surface area contributed by atoms with E-state index in [0.717, 1.165) is 32.0 Å². The van der Waals surface area contributed by atoms with E-state index in [4.69, 9.17) is 0 Å². The van der Waals surface area contributed by atoms with Crippen LogP contribution in [0.3, 0.4) is 0 Å². The standard InChI is InChI=1S/C16H27F2N3O.2ClH/c17-16(18)10-14(19-11-16)15(22)20-12-6-8-21(9-7-12)13-4-2-1-3-5-13;;/h12-14,19H,1-11H2,(H,20,22);2*1H. The smallest absolute Gasteiger partial charge is 0.262 e.